The lowest BCUT2D eigenvalue weighted by molar-refractivity contribution is -0.107. The molecule has 86 valence electrons. The van der Waals surface area contributed by atoms with Gasteiger partial charge in [0.1, 0.15) is 6.29 Å². The van der Waals surface area contributed by atoms with E-state index in [2.05, 4.69) is 18.0 Å². The molecule has 0 aliphatic carbocycles. The van der Waals surface area contributed by atoms with Gasteiger partial charge in [-0.25, -0.2) is 0 Å². The highest BCUT2D eigenvalue weighted by Gasteiger charge is 2.35. The van der Waals surface area contributed by atoms with Gasteiger partial charge in [0.15, 0.2) is 0 Å². The standard InChI is InChI=1S/C13H18N2O/c1-15-8-7-13(14,10-15)12-5-3-2-4-11(12)6-9-16/h2-5,9H,6-8,10,14H2,1H3. The van der Waals surface area contributed by atoms with E-state index < -0.39 is 0 Å². The zero-order valence-corrected chi connectivity index (χ0v) is 9.65. The first-order chi connectivity index (χ1) is 7.65. The van der Waals surface area contributed by atoms with E-state index in [0.29, 0.717) is 6.42 Å². The van der Waals surface area contributed by atoms with Crippen molar-refractivity contribution in [3.63, 3.8) is 0 Å². The second-order valence-corrected chi connectivity index (χ2v) is 4.67. The third-order valence-electron chi connectivity index (χ3n) is 3.35. The highest BCUT2D eigenvalue weighted by atomic mass is 16.1. The molecule has 0 radical (unpaired) electrons. The minimum absolute atomic E-state index is 0.283. The lowest BCUT2D eigenvalue weighted by Crippen LogP contribution is -2.40. The summed E-state index contributed by atoms with van der Waals surface area (Å²) in [5, 5.41) is 0. The van der Waals surface area contributed by atoms with Gasteiger partial charge in [0.05, 0.1) is 5.54 Å². The van der Waals surface area contributed by atoms with E-state index in [1.807, 2.05) is 18.2 Å². The topological polar surface area (TPSA) is 46.3 Å². The molecule has 1 heterocycles. The van der Waals surface area contributed by atoms with Crippen LogP contribution in [0.1, 0.15) is 17.5 Å². The Balaban J connectivity index is 2.35. The average Bonchev–Trinajstić information content (AvgIpc) is 2.61. The van der Waals surface area contributed by atoms with Crippen molar-refractivity contribution in [2.75, 3.05) is 20.1 Å². The van der Waals surface area contributed by atoms with E-state index in [9.17, 15) is 4.79 Å². The number of nitrogens with two attached hydrogens (primary N) is 1. The molecule has 1 unspecified atom stereocenters. The number of carbonyl (C=O) groups excluding carboxylic acids is 1. The molecule has 0 amide bonds. The Morgan fingerprint density at radius 1 is 1.50 bits per heavy atom. The van der Waals surface area contributed by atoms with E-state index in [4.69, 9.17) is 5.73 Å². The van der Waals surface area contributed by atoms with Gasteiger partial charge < -0.3 is 15.4 Å². The molecule has 0 bridgehead atoms. The summed E-state index contributed by atoms with van der Waals surface area (Å²) in [6.07, 6.45) is 2.36. The molecule has 16 heavy (non-hydrogen) atoms. The van der Waals surface area contributed by atoms with Crippen molar-refractivity contribution in [2.45, 2.75) is 18.4 Å². The number of nitrogens with zero attached hydrogens (tertiary/aromatic N) is 1. The van der Waals surface area contributed by atoms with Crippen molar-refractivity contribution in [3.05, 3.63) is 35.4 Å². The fourth-order valence-electron chi connectivity index (χ4n) is 2.52. The molecule has 1 aliphatic rings. The minimum Gasteiger partial charge on any atom is -0.320 e. The van der Waals surface area contributed by atoms with Crippen molar-refractivity contribution in [1.82, 2.24) is 4.90 Å². The van der Waals surface area contributed by atoms with Crippen molar-refractivity contribution >= 4 is 6.29 Å². The number of likely N-dealkylation sites (tertiary alicyclic amines) is 1. The molecule has 1 aromatic carbocycles. The Morgan fingerprint density at radius 2 is 2.25 bits per heavy atom. The van der Waals surface area contributed by atoms with Gasteiger partial charge >= 0.3 is 0 Å². The second-order valence-electron chi connectivity index (χ2n) is 4.67. The van der Waals surface area contributed by atoms with Crippen molar-refractivity contribution in [2.24, 2.45) is 5.73 Å². The van der Waals surface area contributed by atoms with E-state index >= 15 is 0 Å². The largest absolute Gasteiger partial charge is 0.320 e. The van der Waals surface area contributed by atoms with Gasteiger partial charge in [0.2, 0.25) is 0 Å². The van der Waals surface area contributed by atoms with Gasteiger partial charge in [0.25, 0.3) is 0 Å². The zero-order valence-electron chi connectivity index (χ0n) is 9.65. The number of hydrogen-bond acceptors (Lipinski definition) is 3. The highest BCUT2D eigenvalue weighted by molar-refractivity contribution is 5.57. The first-order valence-corrected chi connectivity index (χ1v) is 5.65. The van der Waals surface area contributed by atoms with Crippen LogP contribution in [0.5, 0.6) is 0 Å². The van der Waals surface area contributed by atoms with Gasteiger partial charge in [-0.15, -0.1) is 0 Å². The fourth-order valence-corrected chi connectivity index (χ4v) is 2.52. The first kappa shape index (κ1) is 11.3. The van der Waals surface area contributed by atoms with Crippen LogP contribution in [0.4, 0.5) is 0 Å². The molecule has 3 nitrogen and oxygen atoms in total. The molecule has 0 saturated carbocycles. The molecule has 1 atom stereocenters. The molecule has 1 aliphatic heterocycles. The Hall–Kier alpha value is -1.19. The molecular weight excluding hydrogens is 200 g/mol. The Morgan fingerprint density at radius 3 is 2.88 bits per heavy atom. The summed E-state index contributed by atoms with van der Waals surface area (Å²) in [6, 6.07) is 8.01. The number of carbonyl (C=O) groups is 1. The molecule has 2 rings (SSSR count). The van der Waals surface area contributed by atoms with Gasteiger partial charge in [-0.05, 0) is 24.6 Å². The predicted molar refractivity (Wildman–Crippen MR) is 64.2 cm³/mol. The maximum absolute atomic E-state index is 10.7. The van der Waals surface area contributed by atoms with Crippen LogP contribution < -0.4 is 5.73 Å². The van der Waals surface area contributed by atoms with E-state index in [-0.39, 0.29) is 5.54 Å². The molecule has 1 fully saturated rings. The highest BCUT2D eigenvalue weighted by Crippen LogP contribution is 2.30. The van der Waals surface area contributed by atoms with Crippen LogP contribution >= 0.6 is 0 Å². The molecular formula is C13H18N2O. The zero-order chi connectivity index (χ0) is 11.6. The van der Waals surface area contributed by atoms with Gasteiger partial charge in [-0.2, -0.15) is 0 Å². The molecule has 1 saturated heterocycles. The third-order valence-corrected chi connectivity index (χ3v) is 3.35. The summed E-state index contributed by atoms with van der Waals surface area (Å²) in [6.45, 7) is 1.88. The molecule has 3 heteroatoms. The summed E-state index contributed by atoms with van der Waals surface area (Å²) in [4.78, 5) is 12.9. The quantitative estimate of drug-likeness (QED) is 0.767. The smallest absolute Gasteiger partial charge is 0.124 e. The average molecular weight is 218 g/mol. The van der Waals surface area contributed by atoms with Crippen LogP contribution in [0.2, 0.25) is 0 Å². The van der Waals surface area contributed by atoms with Gasteiger partial charge in [-0.3, -0.25) is 0 Å². The second kappa shape index (κ2) is 4.36. The van der Waals surface area contributed by atoms with Crippen LogP contribution in [-0.2, 0) is 16.8 Å². The summed E-state index contributed by atoms with van der Waals surface area (Å²) >= 11 is 0. The summed E-state index contributed by atoms with van der Waals surface area (Å²) in [7, 11) is 2.08. The van der Waals surface area contributed by atoms with Gasteiger partial charge in [0, 0.05) is 19.5 Å². The monoisotopic (exact) mass is 218 g/mol. The third kappa shape index (κ3) is 2.01. The summed E-state index contributed by atoms with van der Waals surface area (Å²) in [5.74, 6) is 0. The Kier molecular flexibility index (Phi) is 3.08. The number of hydrogen-bond donors (Lipinski definition) is 1. The number of likely N-dealkylation sites (N-methyl/N-ethyl adjacent to an activating group) is 1. The van der Waals surface area contributed by atoms with Crippen LogP contribution in [0.3, 0.4) is 0 Å². The Bertz CT molecular complexity index is 391. The van der Waals surface area contributed by atoms with E-state index in [0.717, 1.165) is 36.9 Å². The Labute approximate surface area is 96.2 Å². The van der Waals surface area contributed by atoms with Crippen molar-refractivity contribution < 1.29 is 4.79 Å². The minimum atomic E-state index is -0.283. The molecule has 0 aromatic heterocycles. The number of rotatable bonds is 3. The summed E-state index contributed by atoms with van der Waals surface area (Å²) < 4.78 is 0. The molecule has 2 N–H and O–H groups in total. The summed E-state index contributed by atoms with van der Waals surface area (Å²) in [5.41, 5.74) is 8.36. The SMILES string of the molecule is CN1CCC(N)(c2ccccc2CC=O)C1. The molecule has 0 spiro atoms. The van der Waals surface area contributed by atoms with Crippen LogP contribution in [-0.4, -0.2) is 31.3 Å². The fraction of sp³-hybridized carbons (Fsp3) is 0.462. The van der Waals surface area contributed by atoms with Crippen LogP contribution in [0.25, 0.3) is 0 Å². The van der Waals surface area contributed by atoms with E-state index in [1.54, 1.807) is 0 Å². The van der Waals surface area contributed by atoms with E-state index in [1.165, 1.54) is 0 Å². The van der Waals surface area contributed by atoms with Crippen molar-refractivity contribution in [3.8, 4) is 0 Å². The lowest BCUT2D eigenvalue weighted by atomic mass is 9.86. The molecule has 1 aromatic rings. The number of benzene rings is 1. The maximum Gasteiger partial charge on any atom is 0.124 e. The lowest BCUT2D eigenvalue weighted by Gasteiger charge is -2.26. The predicted octanol–water partition coefficient (Wildman–Crippen LogP) is 0.918. The maximum atomic E-state index is 10.7. The first-order valence-electron chi connectivity index (χ1n) is 5.65. The number of aldehydes is 1. The van der Waals surface area contributed by atoms with Crippen LogP contribution in [0.15, 0.2) is 24.3 Å². The normalized spacial score (nSPS) is 25.9. The van der Waals surface area contributed by atoms with Crippen LogP contribution in [0, 0.1) is 0 Å². The van der Waals surface area contributed by atoms with Gasteiger partial charge in [-0.1, -0.05) is 24.3 Å². The van der Waals surface area contributed by atoms with Crippen molar-refractivity contribution in [1.29, 1.82) is 0 Å².